The van der Waals surface area contributed by atoms with Gasteiger partial charge in [0.2, 0.25) is 0 Å². The Hall–Kier alpha value is -2.44. The summed E-state index contributed by atoms with van der Waals surface area (Å²) in [4.78, 5) is 14.2. The van der Waals surface area contributed by atoms with Crippen molar-refractivity contribution in [3.63, 3.8) is 0 Å². The van der Waals surface area contributed by atoms with Crippen LogP contribution in [0, 0.1) is 10.1 Å². The Bertz CT molecular complexity index is 552. The molecule has 0 bridgehead atoms. The van der Waals surface area contributed by atoms with Crippen LogP contribution >= 0.6 is 0 Å². The van der Waals surface area contributed by atoms with E-state index >= 15 is 0 Å². The fraction of sp³-hybridized carbons (Fsp3) is 0.273. The predicted octanol–water partition coefficient (Wildman–Crippen LogP) is 1.38. The smallest absolute Gasteiger partial charge is 0.274 e. The van der Waals surface area contributed by atoms with Crippen LogP contribution in [0.25, 0.3) is 0 Å². The molecule has 0 aromatic carbocycles. The van der Waals surface area contributed by atoms with Crippen LogP contribution in [-0.2, 0) is 13.5 Å². The fourth-order valence-electron chi connectivity index (χ4n) is 1.54. The predicted molar refractivity (Wildman–Crippen MR) is 66.3 cm³/mol. The first-order valence-corrected chi connectivity index (χ1v) is 5.48. The second kappa shape index (κ2) is 5.26. The number of pyridine rings is 1. The molecule has 94 valence electrons. The maximum atomic E-state index is 10.6. The molecule has 0 spiro atoms. The summed E-state index contributed by atoms with van der Waals surface area (Å²) >= 11 is 0. The number of aromatic nitrogens is 3. The summed E-state index contributed by atoms with van der Waals surface area (Å²) < 4.78 is 1.74. The number of nitro groups is 1. The van der Waals surface area contributed by atoms with Gasteiger partial charge in [-0.1, -0.05) is 0 Å². The molecule has 0 amide bonds. The highest BCUT2D eigenvalue weighted by molar-refractivity contribution is 5.44. The first-order valence-electron chi connectivity index (χ1n) is 5.48. The average molecular weight is 247 g/mol. The summed E-state index contributed by atoms with van der Waals surface area (Å²) in [5, 5.41) is 17.9. The topological polar surface area (TPSA) is 85.9 Å². The van der Waals surface area contributed by atoms with Crippen molar-refractivity contribution in [2.45, 2.75) is 6.42 Å². The van der Waals surface area contributed by atoms with Crippen molar-refractivity contribution >= 4 is 11.5 Å². The van der Waals surface area contributed by atoms with Gasteiger partial charge < -0.3 is 5.32 Å². The average Bonchev–Trinajstić information content (AvgIpc) is 2.75. The number of nitrogens with zero attached hydrogens (tertiary/aromatic N) is 4. The largest absolute Gasteiger partial charge is 0.369 e. The number of hydrogen-bond acceptors (Lipinski definition) is 5. The van der Waals surface area contributed by atoms with E-state index in [0.717, 1.165) is 12.1 Å². The van der Waals surface area contributed by atoms with Gasteiger partial charge in [-0.2, -0.15) is 5.10 Å². The number of aryl methyl sites for hydroxylation is 1. The van der Waals surface area contributed by atoms with E-state index in [2.05, 4.69) is 15.4 Å². The minimum atomic E-state index is -0.439. The summed E-state index contributed by atoms with van der Waals surface area (Å²) in [6.45, 7) is 0.630. The van der Waals surface area contributed by atoms with Crippen LogP contribution in [0.15, 0.2) is 30.6 Å². The van der Waals surface area contributed by atoms with Gasteiger partial charge in [0.25, 0.3) is 5.69 Å². The molecule has 18 heavy (non-hydrogen) atoms. The summed E-state index contributed by atoms with van der Waals surface area (Å²) in [6, 6.07) is 4.71. The normalized spacial score (nSPS) is 10.3. The van der Waals surface area contributed by atoms with Crippen LogP contribution in [0.3, 0.4) is 0 Å². The van der Waals surface area contributed by atoms with Gasteiger partial charge in [0.05, 0.1) is 16.7 Å². The molecule has 2 rings (SSSR count). The highest BCUT2D eigenvalue weighted by atomic mass is 16.6. The number of hydrogen-bond donors (Lipinski definition) is 1. The highest BCUT2D eigenvalue weighted by Gasteiger charge is 2.06. The summed E-state index contributed by atoms with van der Waals surface area (Å²) in [7, 11) is 1.86. The molecule has 0 atom stereocenters. The molecule has 2 aromatic heterocycles. The molecule has 0 aliphatic heterocycles. The SMILES string of the molecule is Cn1ccc(CCNc2cc([N+](=O)[O-])ccn2)n1. The van der Waals surface area contributed by atoms with Crippen LogP contribution in [0.2, 0.25) is 0 Å². The number of nitrogens with one attached hydrogen (secondary N) is 1. The molecule has 2 heterocycles. The van der Waals surface area contributed by atoms with Gasteiger partial charge in [-0.05, 0) is 6.07 Å². The summed E-state index contributed by atoms with van der Waals surface area (Å²) in [6.07, 6.45) is 4.04. The first kappa shape index (κ1) is 12.0. The minimum Gasteiger partial charge on any atom is -0.369 e. The lowest BCUT2D eigenvalue weighted by molar-refractivity contribution is -0.384. The van der Waals surface area contributed by atoms with Crippen LogP contribution in [-0.4, -0.2) is 26.2 Å². The van der Waals surface area contributed by atoms with Gasteiger partial charge in [-0.3, -0.25) is 14.8 Å². The van der Waals surface area contributed by atoms with Gasteiger partial charge in [-0.15, -0.1) is 0 Å². The van der Waals surface area contributed by atoms with Crippen LogP contribution < -0.4 is 5.32 Å². The van der Waals surface area contributed by atoms with Crippen LogP contribution in [0.1, 0.15) is 5.69 Å². The van der Waals surface area contributed by atoms with Gasteiger partial charge in [0.15, 0.2) is 0 Å². The highest BCUT2D eigenvalue weighted by Crippen LogP contribution is 2.13. The molecule has 1 N–H and O–H groups in total. The minimum absolute atomic E-state index is 0.0327. The van der Waals surface area contributed by atoms with Gasteiger partial charge in [0, 0.05) is 38.5 Å². The molecule has 0 saturated heterocycles. The van der Waals surface area contributed by atoms with E-state index in [4.69, 9.17) is 0 Å². The van der Waals surface area contributed by atoms with Crippen molar-refractivity contribution in [1.29, 1.82) is 0 Å². The molecular weight excluding hydrogens is 234 g/mol. The third kappa shape index (κ3) is 3.03. The molecule has 0 aliphatic carbocycles. The second-order valence-corrected chi connectivity index (χ2v) is 3.81. The first-order chi connectivity index (χ1) is 8.65. The van der Waals surface area contributed by atoms with Crippen molar-refractivity contribution in [1.82, 2.24) is 14.8 Å². The molecule has 2 aromatic rings. The summed E-state index contributed by atoms with van der Waals surface area (Å²) in [5.74, 6) is 0.500. The maximum absolute atomic E-state index is 10.6. The lowest BCUT2D eigenvalue weighted by Crippen LogP contribution is -2.07. The van der Waals surface area contributed by atoms with E-state index in [1.807, 2.05) is 19.3 Å². The monoisotopic (exact) mass is 247 g/mol. The molecule has 0 radical (unpaired) electrons. The van der Waals surface area contributed by atoms with E-state index in [-0.39, 0.29) is 5.69 Å². The summed E-state index contributed by atoms with van der Waals surface area (Å²) in [5.41, 5.74) is 1.00. The zero-order chi connectivity index (χ0) is 13.0. The zero-order valence-corrected chi connectivity index (χ0v) is 9.91. The van der Waals surface area contributed by atoms with Crippen molar-refractivity contribution in [2.24, 2.45) is 7.05 Å². The Morgan fingerprint density at radius 2 is 2.33 bits per heavy atom. The lowest BCUT2D eigenvalue weighted by Gasteiger charge is -2.03. The van der Waals surface area contributed by atoms with E-state index in [1.165, 1.54) is 18.3 Å². The Morgan fingerprint density at radius 3 is 3.00 bits per heavy atom. The number of rotatable bonds is 5. The maximum Gasteiger partial charge on any atom is 0.274 e. The molecule has 0 fully saturated rings. The van der Waals surface area contributed by atoms with E-state index in [0.29, 0.717) is 12.4 Å². The Labute approximate surface area is 104 Å². The van der Waals surface area contributed by atoms with Crippen LogP contribution in [0.5, 0.6) is 0 Å². The molecule has 0 unspecified atom stereocenters. The van der Waals surface area contributed by atoms with Crippen molar-refractivity contribution in [3.8, 4) is 0 Å². The second-order valence-electron chi connectivity index (χ2n) is 3.81. The van der Waals surface area contributed by atoms with Crippen molar-refractivity contribution in [3.05, 3.63) is 46.4 Å². The molecule has 0 aliphatic rings. The molecule has 7 nitrogen and oxygen atoms in total. The van der Waals surface area contributed by atoms with E-state index < -0.39 is 4.92 Å². The third-order valence-corrected chi connectivity index (χ3v) is 2.41. The van der Waals surface area contributed by atoms with Crippen LogP contribution in [0.4, 0.5) is 11.5 Å². The Balaban J connectivity index is 1.90. The zero-order valence-electron chi connectivity index (χ0n) is 9.91. The van der Waals surface area contributed by atoms with Gasteiger partial charge in [-0.25, -0.2) is 4.98 Å². The molecular formula is C11H13N5O2. The van der Waals surface area contributed by atoms with Gasteiger partial charge in [0.1, 0.15) is 5.82 Å². The quantitative estimate of drug-likeness (QED) is 0.637. The van der Waals surface area contributed by atoms with E-state index in [9.17, 15) is 10.1 Å². The number of anilines is 1. The fourth-order valence-corrected chi connectivity index (χ4v) is 1.54. The Kier molecular flexibility index (Phi) is 3.52. The van der Waals surface area contributed by atoms with Crippen molar-refractivity contribution < 1.29 is 4.92 Å². The Morgan fingerprint density at radius 1 is 1.50 bits per heavy atom. The standard InChI is InChI=1S/C11H13N5O2/c1-15-7-4-9(14-15)2-5-12-11-8-10(16(17)18)3-6-13-11/h3-4,6-8H,2,5H2,1H3,(H,12,13). The third-order valence-electron chi connectivity index (χ3n) is 2.41. The molecule has 0 saturated carbocycles. The lowest BCUT2D eigenvalue weighted by atomic mass is 10.3. The van der Waals surface area contributed by atoms with Gasteiger partial charge >= 0.3 is 0 Å². The molecule has 7 heteroatoms. The van der Waals surface area contributed by atoms with E-state index in [1.54, 1.807) is 4.68 Å². The van der Waals surface area contributed by atoms with Crippen molar-refractivity contribution in [2.75, 3.05) is 11.9 Å².